The van der Waals surface area contributed by atoms with Gasteiger partial charge >= 0.3 is 5.97 Å². The van der Waals surface area contributed by atoms with Gasteiger partial charge in [-0.2, -0.15) is 0 Å². The lowest BCUT2D eigenvalue weighted by Gasteiger charge is -2.19. The van der Waals surface area contributed by atoms with E-state index in [9.17, 15) is 9.59 Å². The number of carboxylic acids is 1. The molecular weight excluding hydrogens is 266 g/mol. The van der Waals surface area contributed by atoms with Crippen molar-refractivity contribution in [3.05, 3.63) is 40.9 Å². The molecule has 1 heterocycles. The highest BCUT2D eigenvalue weighted by Crippen LogP contribution is 2.19. The number of nitrogens with zero attached hydrogens (tertiary/aromatic N) is 1. The van der Waals surface area contributed by atoms with Gasteiger partial charge in [0.2, 0.25) is 5.91 Å². The van der Waals surface area contributed by atoms with E-state index in [1.54, 1.807) is 18.2 Å². The number of benzene rings is 1. The molecule has 1 aromatic rings. The minimum atomic E-state index is -0.947. The molecule has 1 aromatic carbocycles. The van der Waals surface area contributed by atoms with Crippen LogP contribution in [0.25, 0.3) is 6.08 Å². The van der Waals surface area contributed by atoms with Gasteiger partial charge in [-0.15, -0.1) is 0 Å². The summed E-state index contributed by atoms with van der Waals surface area (Å²) in [6, 6.07) is 6.46. The molecule has 5 heteroatoms. The van der Waals surface area contributed by atoms with Gasteiger partial charge < -0.3 is 10.0 Å². The predicted octanol–water partition coefficient (Wildman–Crippen LogP) is 2.43. The summed E-state index contributed by atoms with van der Waals surface area (Å²) in [5, 5.41) is 9.58. The maximum absolute atomic E-state index is 12.0. The Morgan fingerprint density at radius 3 is 2.79 bits per heavy atom. The smallest absolute Gasteiger partial charge is 0.326 e. The summed E-state index contributed by atoms with van der Waals surface area (Å²) >= 11 is 5.98. The van der Waals surface area contributed by atoms with E-state index in [4.69, 9.17) is 16.7 Å². The maximum Gasteiger partial charge on any atom is 0.326 e. The molecule has 0 aromatic heterocycles. The highest BCUT2D eigenvalue weighted by Gasteiger charge is 2.32. The number of carboxylic acid groups (broad SMARTS) is 1. The van der Waals surface area contributed by atoms with E-state index in [2.05, 4.69) is 0 Å². The first-order chi connectivity index (χ1) is 9.09. The van der Waals surface area contributed by atoms with Gasteiger partial charge in [-0.05, 0) is 30.5 Å². The molecule has 0 bridgehead atoms. The molecule has 0 saturated carbocycles. The van der Waals surface area contributed by atoms with Crippen molar-refractivity contribution in [3.8, 4) is 0 Å². The lowest BCUT2D eigenvalue weighted by molar-refractivity contribution is -0.146. The Hall–Kier alpha value is -1.81. The third-order valence-corrected chi connectivity index (χ3v) is 3.48. The van der Waals surface area contributed by atoms with Crippen LogP contribution >= 0.6 is 11.6 Å². The molecule has 0 radical (unpaired) electrons. The van der Waals surface area contributed by atoms with Crippen LogP contribution in [0.4, 0.5) is 0 Å². The lowest BCUT2D eigenvalue weighted by Crippen LogP contribution is -2.39. The molecule has 0 unspecified atom stereocenters. The summed E-state index contributed by atoms with van der Waals surface area (Å²) in [4.78, 5) is 24.4. The van der Waals surface area contributed by atoms with Gasteiger partial charge in [-0.1, -0.05) is 29.8 Å². The Labute approximate surface area is 116 Å². The van der Waals surface area contributed by atoms with Crippen LogP contribution in [0.15, 0.2) is 30.3 Å². The Morgan fingerprint density at radius 2 is 2.11 bits per heavy atom. The van der Waals surface area contributed by atoms with Crippen LogP contribution in [0, 0.1) is 0 Å². The van der Waals surface area contributed by atoms with Gasteiger partial charge in [-0.3, -0.25) is 4.79 Å². The SMILES string of the molecule is O=C(O)[C@H]1CCCN1C(=O)C=Cc1ccccc1Cl. The third kappa shape index (κ3) is 3.15. The lowest BCUT2D eigenvalue weighted by atomic mass is 10.2. The number of likely N-dealkylation sites (tertiary alicyclic amines) is 1. The highest BCUT2D eigenvalue weighted by molar-refractivity contribution is 6.32. The Kier molecular flexibility index (Phi) is 4.22. The van der Waals surface area contributed by atoms with Gasteiger partial charge in [0.15, 0.2) is 0 Å². The molecule has 2 rings (SSSR count). The molecular formula is C14H14ClNO3. The van der Waals surface area contributed by atoms with Crippen molar-refractivity contribution < 1.29 is 14.7 Å². The van der Waals surface area contributed by atoms with Crippen molar-refractivity contribution in [2.45, 2.75) is 18.9 Å². The van der Waals surface area contributed by atoms with Crippen LogP contribution < -0.4 is 0 Å². The first-order valence-electron chi connectivity index (χ1n) is 6.05. The number of aliphatic carboxylic acids is 1. The summed E-state index contributed by atoms with van der Waals surface area (Å²) in [6.07, 6.45) is 4.23. The van der Waals surface area contributed by atoms with E-state index in [-0.39, 0.29) is 5.91 Å². The van der Waals surface area contributed by atoms with E-state index in [1.807, 2.05) is 12.1 Å². The van der Waals surface area contributed by atoms with Gasteiger partial charge in [0, 0.05) is 17.6 Å². The molecule has 1 aliphatic heterocycles. The van der Waals surface area contributed by atoms with Crippen LogP contribution in [0.1, 0.15) is 18.4 Å². The van der Waals surface area contributed by atoms with Crippen molar-refractivity contribution in [1.82, 2.24) is 4.90 Å². The van der Waals surface area contributed by atoms with E-state index in [0.29, 0.717) is 18.0 Å². The quantitative estimate of drug-likeness (QED) is 0.865. The summed E-state index contributed by atoms with van der Waals surface area (Å²) in [5.74, 6) is -1.23. The predicted molar refractivity (Wildman–Crippen MR) is 72.9 cm³/mol. The summed E-state index contributed by atoms with van der Waals surface area (Å²) < 4.78 is 0. The van der Waals surface area contributed by atoms with Crippen molar-refractivity contribution >= 4 is 29.6 Å². The molecule has 1 atom stereocenters. The average molecular weight is 280 g/mol. The van der Waals surface area contributed by atoms with Crippen molar-refractivity contribution in [1.29, 1.82) is 0 Å². The zero-order valence-corrected chi connectivity index (χ0v) is 11.0. The number of rotatable bonds is 3. The van der Waals surface area contributed by atoms with Crippen LogP contribution in [0.5, 0.6) is 0 Å². The first kappa shape index (κ1) is 13.6. The number of carbonyl (C=O) groups excluding carboxylic acids is 1. The molecule has 0 spiro atoms. The zero-order valence-electron chi connectivity index (χ0n) is 10.3. The number of amides is 1. The summed E-state index contributed by atoms with van der Waals surface area (Å²) in [6.45, 7) is 0.489. The van der Waals surface area contributed by atoms with Gasteiger partial charge in [0.1, 0.15) is 6.04 Å². The maximum atomic E-state index is 12.0. The minimum absolute atomic E-state index is 0.287. The average Bonchev–Trinajstić information content (AvgIpc) is 2.87. The normalized spacial score (nSPS) is 19.0. The molecule has 1 saturated heterocycles. The van der Waals surface area contributed by atoms with Crippen LogP contribution in [-0.4, -0.2) is 34.5 Å². The molecule has 0 aliphatic carbocycles. The minimum Gasteiger partial charge on any atom is -0.480 e. The molecule has 1 aliphatic rings. The largest absolute Gasteiger partial charge is 0.480 e. The molecule has 1 amide bonds. The zero-order chi connectivity index (χ0) is 13.8. The van der Waals surface area contributed by atoms with Gasteiger partial charge in [0.05, 0.1) is 0 Å². The topological polar surface area (TPSA) is 57.6 Å². The van der Waals surface area contributed by atoms with E-state index >= 15 is 0 Å². The second-order valence-corrected chi connectivity index (χ2v) is 4.79. The number of halogens is 1. The Balaban J connectivity index is 2.09. The monoisotopic (exact) mass is 279 g/mol. The molecule has 1 N–H and O–H groups in total. The van der Waals surface area contributed by atoms with Crippen LogP contribution in [-0.2, 0) is 9.59 Å². The molecule has 19 heavy (non-hydrogen) atoms. The van der Waals surface area contributed by atoms with Crippen molar-refractivity contribution in [2.75, 3.05) is 6.54 Å². The fraction of sp³-hybridized carbons (Fsp3) is 0.286. The van der Waals surface area contributed by atoms with Gasteiger partial charge in [0.25, 0.3) is 0 Å². The second kappa shape index (κ2) is 5.89. The summed E-state index contributed by atoms with van der Waals surface area (Å²) in [5.41, 5.74) is 0.739. The molecule has 4 nitrogen and oxygen atoms in total. The fourth-order valence-corrected chi connectivity index (χ4v) is 2.35. The third-order valence-electron chi connectivity index (χ3n) is 3.13. The Morgan fingerprint density at radius 1 is 1.37 bits per heavy atom. The van der Waals surface area contributed by atoms with E-state index < -0.39 is 12.0 Å². The number of hydrogen-bond donors (Lipinski definition) is 1. The second-order valence-electron chi connectivity index (χ2n) is 4.38. The van der Waals surface area contributed by atoms with Crippen molar-refractivity contribution in [2.24, 2.45) is 0 Å². The molecule has 1 fully saturated rings. The number of hydrogen-bond acceptors (Lipinski definition) is 2. The Bertz CT molecular complexity index is 527. The first-order valence-corrected chi connectivity index (χ1v) is 6.43. The molecule has 100 valence electrons. The fourth-order valence-electron chi connectivity index (χ4n) is 2.15. The van der Waals surface area contributed by atoms with Gasteiger partial charge in [-0.25, -0.2) is 4.79 Å². The van der Waals surface area contributed by atoms with Crippen LogP contribution in [0.2, 0.25) is 5.02 Å². The van der Waals surface area contributed by atoms with E-state index in [1.165, 1.54) is 11.0 Å². The number of carbonyl (C=O) groups is 2. The standard InChI is InChI=1S/C14H14ClNO3/c15-11-5-2-1-4-10(11)7-8-13(17)16-9-3-6-12(16)14(18)19/h1-2,4-5,7-8,12H,3,6,9H2,(H,18,19)/t12-/m1/s1. The van der Waals surface area contributed by atoms with Crippen LogP contribution in [0.3, 0.4) is 0 Å². The van der Waals surface area contributed by atoms with Crippen molar-refractivity contribution in [3.63, 3.8) is 0 Å². The highest BCUT2D eigenvalue weighted by atomic mass is 35.5. The summed E-state index contributed by atoms with van der Waals surface area (Å²) in [7, 11) is 0. The van der Waals surface area contributed by atoms with E-state index in [0.717, 1.165) is 12.0 Å².